The summed E-state index contributed by atoms with van der Waals surface area (Å²) in [5, 5.41) is 1.51. The number of hydrogen-bond donors (Lipinski definition) is 1. The molecule has 0 fully saturated rings. The molecule has 0 radical (unpaired) electrons. The SMILES string of the molecule is O=C(NCCCSc1nccc(C(F)(F)F)n1)C(F)(F)F. The molecule has 0 saturated heterocycles. The number of nitrogens with one attached hydrogen (secondary N) is 1. The molecular formula is C10H9F6N3OS. The van der Waals surface area contributed by atoms with Gasteiger partial charge in [-0.2, -0.15) is 26.3 Å². The van der Waals surface area contributed by atoms with Gasteiger partial charge in [-0.15, -0.1) is 0 Å². The maximum Gasteiger partial charge on any atom is 0.471 e. The summed E-state index contributed by atoms with van der Waals surface area (Å²) in [6.07, 6.45) is -8.45. The van der Waals surface area contributed by atoms with Gasteiger partial charge in [0.1, 0.15) is 5.69 Å². The molecule has 1 heterocycles. The van der Waals surface area contributed by atoms with Crippen molar-refractivity contribution in [2.24, 2.45) is 0 Å². The van der Waals surface area contributed by atoms with Gasteiger partial charge in [-0.05, 0) is 12.5 Å². The zero-order chi connectivity index (χ0) is 16.1. The maximum absolute atomic E-state index is 12.4. The Balaban J connectivity index is 2.35. The van der Waals surface area contributed by atoms with Crippen LogP contribution in [0.1, 0.15) is 12.1 Å². The minimum absolute atomic E-state index is 0.131. The predicted octanol–water partition coefficient (Wildman–Crippen LogP) is 2.66. The molecule has 1 aromatic rings. The first-order valence-corrected chi connectivity index (χ1v) is 6.47. The summed E-state index contributed by atoms with van der Waals surface area (Å²) in [5.74, 6) is -1.89. The van der Waals surface area contributed by atoms with E-state index in [1.54, 1.807) is 5.32 Å². The molecule has 0 aliphatic heterocycles. The van der Waals surface area contributed by atoms with E-state index in [0.29, 0.717) is 6.07 Å². The number of rotatable bonds is 5. The number of alkyl halides is 6. The van der Waals surface area contributed by atoms with Crippen LogP contribution in [0.3, 0.4) is 0 Å². The molecule has 11 heteroatoms. The maximum atomic E-state index is 12.4. The summed E-state index contributed by atoms with van der Waals surface area (Å²) in [6, 6.07) is 0.716. The van der Waals surface area contributed by atoms with Crippen LogP contribution in [-0.4, -0.2) is 34.3 Å². The van der Waals surface area contributed by atoms with Crippen LogP contribution in [0.15, 0.2) is 17.4 Å². The first kappa shape index (κ1) is 17.5. The number of amides is 1. The highest BCUT2D eigenvalue weighted by atomic mass is 32.2. The Labute approximate surface area is 119 Å². The average molecular weight is 333 g/mol. The molecular weight excluding hydrogens is 324 g/mol. The quantitative estimate of drug-likeness (QED) is 0.390. The number of carbonyl (C=O) groups is 1. The zero-order valence-corrected chi connectivity index (χ0v) is 11.1. The lowest BCUT2D eigenvalue weighted by molar-refractivity contribution is -0.173. The second kappa shape index (κ2) is 6.96. The third-order valence-electron chi connectivity index (χ3n) is 2.02. The second-order valence-electron chi connectivity index (χ2n) is 3.68. The van der Waals surface area contributed by atoms with Crippen molar-refractivity contribution in [3.05, 3.63) is 18.0 Å². The number of nitrogens with zero attached hydrogens (tertiary/aromatic N) is 2. The Bertz CT molecular complexity index is 490. The highest BCUT2D eigenvalue weighted by molar-refractivity contribution is 7.99. The number of carbonyl (C=O) groups excluding carboxylic acids is 1. The Morgan fingerprint density at radius 2 is 1.90 bits per heavy atom. The summed E-state index contributed by atoms with van der Waals surface area (Å²) < 4.78 is 72.6. The Hall–Kier alpha value is -1.52. The first-order valence-electron chi connectivity index (χ1n) is 5.49. The van der Waals surface area contributed by atoms with E-state index in [1.165, 1.54) is 0 Å². The highest BCUT2D eigenvalue weighted by Gasteiger charge is 2.38. The molecule has 1 amide bonds. The molecule has 0 aliphatic rings. The first-order chi connectivity index (χ1) is 9.60. The minimum atomic E-state index is -4.95. The van der Waals surface area contributed by atoms with Crippen molar-refractivity contribution in [1.29, 1.82) is 0 Å². The van der Waals surface area contributed by atoms with Gasteiger partial charge in [0, 0.05) is 18.5 Å². The van der Waals surface area contributed by atoms with Gasteiger partial charge in [0.15, 0.2) is 5.16 Å². The molecule has 1 N–H and O–H groups in total. The van der Waals surface area contributed by atoms with Crippen LogP contribution >= 0.6 is 11.8 Å². The number of halogens is 6. The minimum Gasteiger partial charge on any atom is -0.348 e. The van der Waals surface area contributed by atoms with Crippen LogP contribution in [-0.2, 0) is 11.0 Å². The third kappa shape index (κ3) is 6.19. The summed E-state index contributed by atoms with van der Waals surface area (Å²) in [7, 11) is 0. The molecule has 0 aromatic carbocycles. The van der Waals surface area contributed by atoms with Gasteiger partial charge in [0.05, 0.1) is 0 Å². The number of thioether (sulfide) groups is 1. The molecule has 0 atom stereocenters. The van der Waals surface area contributed by atoms with Crippen LogP contribution in [0.25, 0.3) is 0 Å². The lowest BCUT2D eigenvalue weighted by atomic mass is 10.4. The second-order valence-corrected chi connectivity index (χ2v) is 4.74. The van der Waals surface area contributed by atoms with E-state index in [-0.39, 0.29) is 23.9 Å². The molecule has 4 nitrogen and oxygen atoms in total. The van der Waals surface area contributed by atoms with Crippen molar-refractivity contribution in [2.45, 2.75) is 23.9 Å². The van der Waals surface area contributed by atoms with Crippen molar-refractivity contribution in [3.8, 4) is 0 Å². The van der Waals surface area contributed by atoms with E-state index in [0.717, 1.165) is 18.0 Å². The van der Waals surface area contributed by atoms with Gasteiger partial charge in [0.2, 0.25) is 0 Å². The van der Waals surface area contributed by atoms with Gasteiger partial charge < -0.3 is 5.32 Å². The Kier molecular flexibility index (Phi) is 5.81. The van der Waals surface area contributed by atoms with Crippen molar-refractivity contribution in [3.63, 3.8) is 0 Å². The van der Waals surface area contributed by atoms with E-state index in [4.69, 9.17) is 0 Å². The monoisotopic (exact) mass is 333 g/mol. The van der Waals surface area contributed by atoms with Crippen molar-refractivity contribution in [1.82, 2.24) is 15.3 Å². The zero-order valence-electron chi connectivity index (χ0n) is 10.3. The van der Waals surface area contributed by atoms with E-state index in [1.807, 2.05) is 0 Å². The van der Waals surface area contributed by atoms with Crippen LogP contribution in [0, 0.1) is 0 Å². The molecule has 0 spiro atoms. The van der Waals surface area contributed by atoms with Gasteiger partial charge in [-0.1, -0.05) is 11.8 Å². The Morgan fingerprint density at radius 3 is 2.48 bits per heavy atom. The van der Waals surface area contributed by atoms with Crippen LogP contribution in [0.2, 0.25) is 0 Å². The fourth-order valence-electron chi connectivity index (χ4n) is 1.11. The standard InChI is InChI=1S/C10H9F6N3OS/c11-9(12,13)6-2-4-18-8(19-6)21-5-1-3-17-7(20)10(14,15)16/h2,4H,1,3,5H2,(H,17,20). The molecule has 0 bridgehead atoms. The van der Waals surface area contributed by atoms with Gasteiger partial charge in [-0.25, -0.2) is 9.97 Å². The largest absolute Gasteiger partial charge is 0.471 e. The molecule has 0 aliphatic carbocycles. The summed E-state index contributed by atoms with van der Waals surface area (Å²) in [4.78, 5) is 17.3. The van der Waals surface area contributed by atoms with Crippen LogP contribution in [0.4, 0.5) is 26.3 Å². The average Bonchev–Trinajstić information content (AvgIpc) is 2.36. The smallest absolute Gasteiger partial charge is 0.348 e. The molecule has 0 unspecified atom stereocenters. The fraction of sp³-hybridized carbons (Fsp3) is 0.500. The van der Waals surface area contributed by atoms with Crippen LogP contribution < -0.4 is 5.32 Å². The van der Waals surface area contributed by atoms with Crippen molar-refractivity contribution >= 4 is 17.7 Å². The molecule has 0 saturated carbocycles. The number of aromatic nitrogens is 2. The Morgan fingerprint density at radius 1 is 1.24 bits per heavy atom. The number of hydrogen-bond acceptors (Lipinski definition) is 4. The molecule has 1 rings (SSSR count). The van der Waals surface area contributed by atoms with Gasteiger partial charge in [0.25, 0.3) is 0 Å². The fourth-order valence-corrected chi connectivity index (χ4v) is 1.88. The van der Waals surface area contributed by atoms with Gasteiger partial charge >= 0.3 is 18.3 Å². The van der Waals surface area contributed by atoms with Crippen molar-refractivity contribution < 1.29 is 31.1 Å². The molecule has 1 aromatic heterocycles. The predicted molar refractivity (Wildman–Crippen MR) is 61.4 cm³/mol. The summed E-state index contributed by atoms with van der Waals surface area (Å²) >= 11 is 0.855. The van der Waals surface area contributed by atoms with Crippen molar-refractivity contribution in [2.75, 3.05) is 12.3 Å². The molecule has 118 valence electrons. The summed E-state index contributed by atoms with van der Waals surface area (Å²) in [6.45, 7) is -0.246. The van der Waals surface area contributed by atoms with Gasteiger partial charge in [-0.3, -0.25) is 4.79 Å². The topological polar surface area (TPSA) is 54.9 Å². The third-order valence-corrected chi connectivity index (χ3v) is 2.97. The van der Waals surface area contributed by atoms with E-state index in [9.17, 15) is 31.1 Å². The summed E-state index contributed by atoms with van der Waals surface area (Å²) in [5.41, 5.74) is -1.09. The van der Waals surface area contributed by atoms with E-state index in [2.05, 4.69) is 9.97 Å². The lowest BCUT2D eigenvalue weighted by Gasteiger charge is -2.08. The van der Waals surface area contributed by atoms with E-state index < -0.39 is 24.0 Å². The van der Waals surface area contributed by atoms with Crippen LogP contribution in [0.5, 0.6) is 0 Å². The van der Waals surface area contributed by atoms with E-state index >= 15 is 0 Å². The normalized spacial score (nSPS) is 12.3. The molecule has 21 heavy (non-hydrogen) atoms. The lowest BCUT2D eigenvalue weighted by Crippen LogP contribution is -2.37. The highest BCUT2D eigenvalue weighted by Crippen LogP contribution is 2.28.